The van der Waals surface area contributed by atoms with Crippen molar-refractivity contribution >= 4 is 18.2 Å². The van der Waals surface area contributed by atoms with Gasteiger partial charge in [-0.05, 0) is 48.5 Å². The van der Waals surface area contributed by atoms with E-state index in [0.717, 1.165) is 31.4 Å². The normalized spacial score (nSPS) is 14.7. The second kappa shape index (κ2) is 11.8. The number of halogens is 7. The number of benzene rings is 2. The van der Waals surface area contributed by atoms with E-state index in [1.807, 2.05) is 0 Å². The van der Waals surface area contributed by atoms with Gasteiger partial charge in [-0.1, -0.05) is 5.16 Å². The summed E-state index contributed by atoms with van der Waals surface area (Å²) in [5.41, 5.74) is -2.79. The second-order valence-corrected chi connectivity index (χ2v) is 7.07. The van der Waals surface area contributed by atoms with Gasteiger partial charge in [0.15, 0.2) is 12.3 Å². The molecule has 0 aliphatic rings. The van der Waals surface area contributed by atoms with Gasteiger partial charge in [0.1, 0.15) is 19.8 Å². The van der Waals surface area contributed by atoms with Crippen molar-refractivity contribution in [1.29, 1.82) is 0 Å². The lowest BCUT2D eigenvalue weighted by Gasteiger charge is -2.24. The minimum atomic E-state index is -4.67. The van der Waals surface area contributed by atoms with E-state index in [-0.39, 0.29) is 5.56 Å². The molecule has 196 valence electrons. The highest BCUT2D eigenvalue weighted by Crippen LogP contribution is 2.30. The van der Waals surface area contributed by atoms with Gasteiger partial charge in [0, 0.05) is 0 Å². The van der Waals surface area contributed by atoms with Crippen LogP contribution < -0.4 is 0 Å². The Bertz CT molecular complexity index is 1050. The molecule has 2 rings (SSSR count). The number of aliphatic hydroxyl groups is 1. The molecule has 14 heteroatoms. The summed E-state index contributed by atoms with van der Waals surface area (Å²) in [6.07, 6.45) is -15.2. The summed E-state index contributed by atoms with van der Waals surface area (Å²) in [5.74, 6) is -2.48. The maximum absolute atomic E-state index is 14.5. The maximum Gasteiger partial charge on any atom is 0.416 e. The van der Waals surface area contributed by atoms with E-state index in [0.29, 0.717) is 30.5 Å². The average molecular weight is 525 g/mol. The lowest BCUT2D eigenvalue weighted by Crippen LogP contribution is -2.43. The summed E-state index contributed by atoms with van der Waals surface area (Å²) < 4.78 is 100. The Labute approximate surface area is 199 Å². The zero-order valence-corrected chi connectivity index (χ0v) is 18.2. The molecule has 0 saturated carbocycles. The molecule has 0 fully saturated rings. The molecule has 0 radical (unpaired) electrons. The standard InChI is InChI=1S/C22H18F7NO6/c1-34-30-10-16(23)18(36-20(33)13-4-8-15(9-5-13)22(27,28)29)17(31)11-35-19(32)12-2-6-14(7-3-12)21(24,25)26/h2-10,16-18,31H,11H2,1H3/b30-10+/t16-,17-,18+/m1/s1. The van der Waals surface area contributed by atoms with Crippen LogP contribution >= 0.6 is 0 Å². The second-order valence-electron chi connectivity index (χ2n) is 7.07. The van der Waals surface area contributed by atoms with Crippen LogP contribution in [0.3, 0.4) is 0 Å². The van der Waals surface area contributed by atoms with Crippen LogP contribution in [0.1, 0.15) is 31.8 Å². The van der Waals surface area contributed by atoms with Crippen molar-refractivity contribution in [2.45, 2.75) is 30.7 Å². The average Bonchev–Trinajstić information content (AvgIpc) is 2.83. The van der Waals surface area contributed by atoms with E-state index in [9.17, 15) is 45.4 Å². The number of hydrogen-bond acceptors (Lipinski definition) is 7. The molecular formula is C22H18F7NO6. The van der Waals surface area contributed by atoms with Crippen LogP contribution in [0.25, 0.3) is 0 Å². The first kappa shape index (κ1) is 28.6. The number of hydrogen-bond donors (Lipinski definition) is 1. The molecule has 7 nitrogen and oxygen atoms in total. The van der Waals surface area contributed by atoms with Crippen molar-refractivity contribution < 1.29 is 59.7 Å². The number of ether oxygens (including phenoxy) is 2. The van der Waals surface area contributed by atoms with E-state index < -0.39 is 66.0 Å². The molecule has 0 bridgehead atoms. The van der Waals surface area contributed by atoms with Crippen molar-refractivity contribution in [3.63, 3.8) is 0 Å². The van der Waals surface area contributed by atoms with Crippen molar-refractivity contribution in [1.82, 2.24) is 0 Å². The molecule has 0 heterocycles. The van der Waals surface area contributed by atoms with Gasteiger partial charge in [0.2, 0.25) is 0 Å². The molecule has 2 aromatic carbocycles. The Morgan fingerprint density at radius 3 is 1.75 bits per heavy atom. The molecule has 2 aromatic rings. The number of aliphatic hydroxyl groups excluding tert-OH is 1. The SMILES string of the molecule is CO/N=C/[C@@H](F)[C@H](OC(=O)c1ccc(C(F)(F)F)cc1)[C@H](O)COC(=O)c1ccc(C(F)(F)F)cc1. The van der Waals surface area contributed by atoms with Gasteiger partial charge in [-0.25, -0.2) is 14.0 Å². The maximum atomic E-state index is 14.5. The van der Waals surface area contributed by atoms with Crippen LogP contribution in [-0.4, -0.2) is 55.4 Å². The first-order valence-corrected chi connectivity index (χ1v) is 9.85. The summed E-state index contributed by atoms with van der Waals surface area (Å²) in [6.45, 7) is -0.966. The highest BCUT2D eigenvalue weighted by atomic mass is 19.4. The van der Waals surface area contributed by atoms with Gasteiger partial charge in [0.05, 0.1) is 28.5 Å². The molecule has 1 N–H and O–H groups in total. The van der Waals surface area contributed by atoms with Gasteiger partial charge in [0.25, 0.3) is 0 Å². The molecule has 0 spiro atoms. The fourth-order valence-corrected chi connectivity index (χ4v) is 2.68. The number of oxime groups is 1. The number of carbonyl (C=O) groups is 2. The van der Waals surface area contributed by atoms with Crippen LogP contribution in [0.15, 0.2) is 53.7 Å². The highest BCUT2D eigenvalue weighted by Gasteiger charge is 2.34. The number of esters is 2. The number of rotatable bonds is 9. The Hall–Kier alpha value is -3.68. The smallest absolute Gasteiger partial charge is 0.416 e. The van der Waals surface area contributed by atoms with E-state index in [1.54, 1.807) is 0 Å². The first-order valence-electron chi connectivity index (χ1n) is 9.85. The van der Waals surface area contributed by atoms with E-state index in [4.69, 9.17) is 9.47 Å². The zero-order valence-electron chi connectivity index (χ0n) is 18.2. The number of carbonyl (C=O) groups excluding carboxylic acids is 2. The Morgan fingerprint density at radius 1 is 0.889 bits per heavy atom. The van der Waals surface area contributed by atoms with Gasteiger partial charge >= 0.3 is 24.3 Å². The first-order chi connectivity index (χ1) is 16.7. The summed E-state index contributed by atoms with van der Waals surface area (Å²) in [5, 5.41) is 13.4. The topological polar surface area (TPSA) is 94.4 Å². The zero-order chi connectivity index (χ0) is 27.1. The Kier molecular flexibility index (Phi) is 9.39. The Morgan fingerprint density at radius 2 is 1.33 bits per heavy atom. The summed E-state index contributed by atoms with van der Waals surface area (Å²) in [6, 6.07) is 5.62. The minimum absolute atomic E-state index is 0.314. The quantitative estimate of drug-likeness (QED) is 0.225. The van der Waals surface area contributed by atoms with Crippen LogP contribution in [0.2, 0.25) is 0 Å². The molecule has 0 aliphatic carbocycles. The third-order valence-electron chi connectivity index (χ3n) is 4.53. The highest BCUT2D eigenvalue weighted by molar-refractivity contribution is 5.90. The number of nitrogens with zero attached hydrogens (tertiary/aromatic N) is 1. The molecule has 36 heavy (non-hydrogen) atoms. The van der Waals surface area contributed by atoms with Gasteiger partial charge in [-0.3, -0.25) is 0 Å². The van der Waals surface area contributed by atoms with Crippen molar-refractivity contribution in [3.05, 3.63) is 70.8 Å². The van der Waals surface area contributed by atoms with Crippen LogP contribution in [0.4, 0.5) is 30.7 Å². The van der Waals surface area contributed by atoms with Crippen LogP contribution in [0, 0.1) is 0 Å². The fourth-order valence-electron chi connectivity index (χ4n) is 2.68. The van der Waals surface area contributed by atoms with E-state index >= 15 is 0 Å². The molecular weight excluding hydrogens is 507 g/mol. The Balaban J connectivity index is 2.11. The third kappa shape index (κ3) is 7.93. The lowest BCUT2D eigenvalue weighted by atomic mass is 10.1. The van der Waals surface area contributed by atoms with E-state index in [1.165, 1.54) is 0 Å². The summed E-state index contributed by atoms with van der Waals surface area (Å²) >= 11 is 0. The molecule has 0 unspecified atom stereocenters. The summed E-state index contributed by atoms with van der Waals surface area (Å²) in [4.78, 5) is 28.7. The molecule has 0 aromatic heterocycles. The predicted molar refractivity (Wildman–Crippen MR) is 109 cm³/mol. The van der Waals surface area contributed by atoms with Crippen molar-refractivity contribution in [2.75, 3.05) is 13.7 Å². The van der Waals surface area contributed by atoms with E-state index in [2.05, 4.69) is 9.99 Å². The monoisotopic (exact) mass is 525 g/mol. The van der Waals surface area contributed by atoms with Crippen molar-refractivity contribution in [2.24, 2.45) is 5.16 Å². The van der Waals surface area contributed by atoms with Gasteiger partial charge < -0.3 is 19.4 Å². The van der Waals surface area contributed by atoms with Crippen LogP contribution in [0.5, 0.6) is 0 Å². The molecule has 0 aliphatic heterocycles. The summed E-state index contributed by atoms with van der Waals surface area (Å²) in [7, 11) is 1.06. The lowest BCUT2D eigenvalue weighted by molar-refractivity contribution is -0.138. The predicted octanol–water partition coefficient (Wildman–Crippen LogP) is 4.44. The number of alkyl halides is 7. The van der Waals surface area contributed by atoms with Gasteiger partial charge in [-0.15, -0.1) is 0 Å². The molecule has 3 atom stereocenters. The fraction of sp³-hybridized carbons (Fsp3) is 0.318. The molecule has 0 amide bonds. The van der Waals surface area contributed by atoms with Gasteiger partial charge in [-0.2, -0.15) is 26.3 Å². The minimum Gasteiger partial charge on any atom is -0.459 e. The van der Waals surface area contributed by atoms with Crippen LogP contribution in [-0.2, 0) is 26.7 Å². The molecule has 0 saturated heterocycles. The third-order valence-corrected chi connectivity index (χ3v) is 4.53. The van der Waals surface area contributed by atoms with Crippen molar-refractivity contribution in [3.8, 4) is 0 Å². The largest absolute Gasteiger partial charge is 0.459 e.